The van der Waals surface area contributed by atoms with Crippen molar-refractivity contribution in [3.05, 3.63) is 89.7 Å². The Hall–Kier alpha value is -3.76. The largest absolute Gasteiger partial charge is 0.351 e. The molecule has 1 aliphatic rings. The van der Waals surface area contributed by atoms with Gasteiger partial charge in [0, 0.05) is 44.3 Å². The number of pyridine rings is 1. The maximum atomic E-state index is 13.7. The Morgan fingerprint density at radius 1 is 0.950 bits per heavy atom. The molecule has 2 N–H and O–H groups in total. The van der Waals surface area contributed by atoms with Gasteiger partial charge >= 0.3 is 6.03 Å². The Bertz CT molecular complexity index is 1390. The second-order valence-corrected chi connectivity index (χ2v) is 12.1. The summed E-state index contributed by atoms with van der Waals surface area (Å²) in [4.78, 5) is 32.1. The van der Waals surface area contributed by atoms with Gasteiger partial charge in [0.25, 0.3) is 0 Å². The summed E-state index contributed by atoms with van der Waals surface area (Å²) < 4.78 is 28.7. The van der Waals surface area contributed by atoms with E-state index in [1.54, 1.807) is 36.7 Å². The number of urea groups is 1. The van der Waals surface area contributed by atoms with Crippen molar-refractivity contribution in [1.82, 2.24) is 19.5 Å². The zero-order valence-electron chi connectivity index (χ0n) is 23.2. The van der Waals surface area contributed by atoms with E-state index in [9.17, 15) is 18.0 Å². The van der Waals surface area contributed by atoms with Crippen LogP contribution in [0.4, 0.5) is 10.5 Å². The first-order valence-corrected chi connectivity index (χ1v) is 15.1. The van der Waals surface area contributed by atoms with E-state index in [2.05, 4.69) is 36.4 Å². The van der Waals surface area contributed by atoms with Crippen LogP contribution in [-0.4, -0.2) is 60.2 Å². The van der Waals surface area contributed by atoms with Gasteiger partial charge < -0.3 is 15.5 Å². The van der Waals surface area contributed by atoms with Crippen molar-refractivity contribution in [2.24, 2.45) is 0 Å². The van der Waals surface area contributed by atoms with Crippen molar-refractivity contribution >= 4 is 27.6 Å². The smallest absolute Gasteiger partial charge is 0.321 e. The van der Waals surface area contributed by atoms with E-state index in [1.807, 2.05) is 36.4 Å². The molecule has 3 amide bonds. The van der Waals surface area contributed by atoms with Crippen molar-refractivity contribution in [1.29, 1.82) is 0 Å². The number of aryl methyl sites for hydroxylation is 1. The third-order valence-corrected chi connectivity index (χ3v) is 8.96. The van der Waals surface area contributed by atoms with E-state index >= 15 is 0 Å². The van der Waals surface area contributed by atoms with Crippen LogP contribution < -0.4 is 10.6 Å². The van der Waals surface area contributed by atoms with E-state index in [0.29, 0.717) is 11.6 Å². The Morgan fingerprint density at radius 3 is 2.23 bits per heavy atom. The van der Waals surface area contributed by atoms with Gasteiger partial charge in [-0.2, -0.15) is 4.31 Å². The molecular formula is C30H37N5O4S. The Balaban J connectivity index is 1.54. The number of hydrogen-bond donors (Lipinski definition) is 2. The molecule has 0 spiro atoms. The molecular weight excluding hydrogens is 526 g/mol. The number of aromatic nitrogens is 1. The number of piperazine rings is 1. The first kappa shape index (κ1) is 29.2. The molecule has 0 bridgehead atoms. The summed E-state index contributed by atoms with van der Waals surface area (Å²) in [5, 5.41) is 5.69. The van der Waals surface area contributed by atoms with Crippen molar-refractivity contribution in [3.8, 4) is 0 Å². The van der Waals surface area contributed by atoms with Gasteiger partial charge in [-0.1, -0.05) is 63.6 Å². The SMILES string of the molecule is CCCc1ccc(S(=O)(=O)N2CCN(C(=O)Nc3ccncc3)C[C@@H]2C(=O)NCc2ccc(C(C)C)cc2)cc1. The summed E-state index contributed by atoms with van der Waals surface area (Å²) in [5.41, 5.74) is 3.71. The van der Waals surface area contributed by atoms with Gasteiger partial charge in [-0.05, 0) is 53.3 Å². The minimum Gasteiger partial charge on any atom is -0.351 e. The Kier molecular flexibility index (Phi) is 9.54. The van der Waals surface area contributed by atoms with Crippen molar-refractivity contribution < 1.29 is 18.0 Å². The Morgan fingerprint density at radius 2 is 1.60 bits per heavy atom. The second kappa shape index (κ2) is 13.1. The Labute approximate surface area is 236 Å². The lowest BCUT2D eigenvalue weighted by Gasteiger charge is -2.39. The van der Waals surface area contributed by atoms with Crippen LogP contribution in [0.25, 0.3) is 0 Å². The summed E-state index contributed by atoms with van der Waals surface area (Å²) in [5.74, 6) is -0.0644. The van der Waals surface area contributed by atoms with E-state index in [-0.39, 0.29) is 31.1 Å². The number of carbonyl (C=O) groups is 2. The number of anilines is 1. The number of benzene rings is 2. The van der Waals surface area contributed by atoms with Crippen molar-refractivity contribution in [2.75, 3.05) is 25.0 Å². The van der Waals surface area contributed by atoms with Crippen LogP contribution in [0.5, 0.6) is 0 Å². The maximum Gasteiger partial charge on any atom is 0.321 e. The van der Waals surface area contributed by atoms with E-state index in [1.165, 1.54) is 14.8 Å². The van der Waals surface area contributed by atoms with Crippen LogP contribution in [0.15, 0.2) is 78.0 Å². The summed E-state index contributed by atoms with van der Waals surface area (Å²) in [6.07, 6.45) is 4.94. The maximum absolute atomic E-state index is 13.7. The van der Waals surface area contributed by atoms with E-state index in [4.69, 9.17) is 0 Å². The first-order valence-electron chi connectivity index (χ1n) is 13.6. The fourth-order valence-electron chi connectivity index (χ4n) is 4.67. The molecule has 9 nitrogen and oxygen atoms in total. The fourth-order valence-corrected chi connectivity index (χ4v) is 6.24. The van der Waals surface area contributed by atoms with Crippen molar-refractivity contribution in [2.45, 2.75) is 57.0 Å². The lowest BCUT2D eigenvalue weighted by molar-refractivity contribution is -0.126. The van der Waals surface area contributed by atoms with Crippen LogP contribution in [0, 0.1) is 0 Å². The number of nitrogens with one attached hydrogen (secondary N) is 2. The average molecular weight is 564 g/mol. The molecule has 4 rings (SSSR count). The minimum atomic E-state index is -3.99. The molecule has 1 saturated heterocycles. The number of sulfonamides is 1. The van der Waals surface area contributed by atoms with Crippen LogP contribution in [0.3, 0.4) is 0 Å². The highest BCUT2D eigenvalue weighted by molar-refractivity contribution is 7.89. The molecule has 212 valence electrons. The number of rotatable bonds is 9. The normalized spacial score (nSPS) is 16.1. The quantitative estimate of drug-likeness (QED) is 0.401. The zero-order chi connectivity index (χ0) is 28.7. The zero-order valence-corrected chi connectivity index (χ0v) is 24.0. The average Bonchev–Trinajstić information content (AvgIpc) is 2.96. The first-order chi connectivity index (χ1) is 19.2. The van der Waals surface area contributed by atoms with Gasteiger partial charge in [0.05, 0.1) is 4.90 Å². The summed E-state index contributed by atoms with van der Waals surface area (Å²) >= 11 is 0. The molecule has 40 heavy (non-hydrogen) atoms. The van der Waals surface area contributed by atoms with Crippen molar-refractivity contribution in [3.63, 3.8) is 0 Å². The molecule has 3 aromatic rings. The fraction of sp³-hybridized carbons (Fsp3) is 0.367. The lowest BCUT2D eigenvalue weighted by Crippen LogP contribution is -2.61. The molecule has 1 aromatic heterocycles. The number of nitrogens with zero attached hydrogens (tertiary/aromatic N) is 3. The number of carbonyl (C=O) groups excluding carboxylic acids is 2. The van der Waals surface area contributed by atoms with Gasteiger partial charge in [0.15, 0.2) is 0 Å². The van der Waals surface area contributed by atoms with Gasteiger partial charge in [0.1, 0.15) is 6.04 Å². The number of amides is 3. The molecule has 1 aliphatic heterocycles. The molecule has 0 aliphatic carbocycles. The van der Waals surface area contributed by atoms with E-state index < -0.39 is 28.0 Å². The molecule has 2 heterocycles. The lowest BCUT2D eigenvalue weighted by atomic mass is 10.0. The van der Waals surface area contributed by atoms with Gasteiger partial charge in [-0.25, -0.2) is 13.2 Å². The monoisotopic (exact) mass is 563 g/mol. The van der Waals surface area contributed by atoms with E-state index in [0.717, 1.165) is 24.0 Å². The van der Waals surface area contributed by atoms with Gasteiger partial charge in [-0.15, -0.1) is 0 Å². The molecule has 1 atom stereocenters. The minimum absolute atomic E-state index is 0.00994. The highest BCUT2D eigenvalue weighted by atomic mass is 32.2. The highest BCUT2D eigenvalue weighted by Gasteiger charge is 2.41. The van der Waals surface area contributed by atoms with Gasteiger partial charge in [0.2, 0.25) is 15.9 Å². The predicted octanol–water partition coefficient (Wildman–Crippen LogP) is 4.38. The van der Waals surface area contributed by atoms with Crippen LogP contribution in [-0.2, 0) is 27.8 Å². The molecule has 10 heteroatoms. The van der Waals surface area contributed by atoms with Crippen LogP contribution in [0.2, 0.25) is 0 Å². The summed E-state index contributed by atoms with van der Waals surface area (Å²) in [7, 11) is -3.99. The summed E-state index contributed by atoms with van der Waals surface area (Å²) in [6, 6.07) is 16.6. The predicted molar refractivity (Wildman–Crippen MR) is 155 cm³/mol. The van der Waals surface area contributed by atoms with Gasteiger partial charge in [-0.3, -0.25) is 9.78 Å². The molecule has 1 fully saturated rings. The topological polar surface area (TPSA) is 112 Å². The third-order valence-electron chi connectivity index (χ3n) is 7.03. The van der Waals surface area contributed by atoms with Crippen LogP contribution >= 0.6 is 0 Å². The summed E-state index contributed by atoms with van der Waals surface area (Å²) in [6.45, 7) is 6.59. The standard InChI is InChI=1S/C30H37N5O4S/c1-4-5-23-8-12-27(13-9-23)40(38,39)35-19-18-34(30(37)33-26-14-16-31-17-15-26)21-28(35)29(36)32-20-24-6-10-25(11-7-24)22(2)3/h6-17,22,28H,4-5,18-21H2,1-3H3,(H,32,36)(H,31,33,37)/t28-/m1/s1. The molecule has 0 unspecified atom stereocenters. The molecule has 0 radical (unpaired) electrons. The molecule has 0 saturated carbocycles. The molecule has 2 aromatic carbocycles. The highest BCUT2D eigenvalue weighted by Crippen LogP contribution is 2.24. The second-order valence-electron chi connectivity index (χ2n) is 10.3. The van der Waals surface area contributed by atoms with Crippen LogP contribution in [0.1, 0.15) is 49.8 Å². The number of hydrogen-bond acceptors (Lipinski definition) is 5. The third kappa shape index (κ3) is 7.05.